The standard InChI is InChI=1S/C20H18Cl2O2/c1-13(23)20(14(2)24)19(16-6-10-18(22)11-7-16)12-5-15-3-8-17(21)9-4-15/h3-12,19-20H,1-2H3/b12-5+. The van der Waals surface area contributed by atoms with Gasteiger partial charge >= 0.3 is 0 Å². The van der Waals surface area contributed by atoms with Gasteiger partial charge in [0.25, 0.3) is 0 Å². The molecule has 0 radical (unpaired) electrons. The molecular formula is C20H18Cl2O2. The molecule has 0 aliphatic rings. The van der Waals surface area contributed by atoms with Crippen LogP contribution in [0.1, 0.15) is 30.9 Å². The van der Waals surface area contributed by atoms with Crippen LogP contribution in [-0.4, -0.2) is 11.6 Å². The van der Waals surface area contributed by atoms with E-state index in [2.05, 4.69) is 0 Å². The fraction of sp³-hybridized carbons (Fsp3) is 0.200. The second kappa shape index (κ2) is 8.27. The number of carbonyl (C=O) groups is 2. The largest absolute Gasteiger partial charge is 0.299 e. The Morgan fingerprint density at radius 2 is 1.29 bits per heavy atom. The van der Waals surface area contributed by atoms with Gasteiger partial charge in [0, 0.05) is 16.0 Å². The first kappa shape index (κ1) is 18.4. The van der Waals surface area contributed by atoms with E-state index < -0.39 is 5.92 Å². The van der Waals surface area contributed by atoms with Crippen molar-refractivity contribution in [1.82, 2.24) is 0 Å². The molecule has 1 atom stereocenters. The Bertz CT molecular complexity index is 732. The van der Waals surface area contributed by atoms with Gasteiger partial charge < -0.3 is 0 Å². The molecule has 0 heterocycles. The third-order valence-corrected chi connectivity index (χ3v) is 4.36. The summed E-state index contributed by atoms with van der Waals surface area (Å²) in [6.45, 7) is 2.90. The minimum atomic E-state index is -0.713. The number of ketones is 2. The van der Waals surface area contributed by atoms with Crippen molar-refractivity contribution >= 4 is 40.8 Å². The van der Waals surface area contributed by atoms with Crippen LogP contribution in [0.3, 0.4) is 0 Å². The second-order valence-corrected chi connectivity index (χ2v) is 6.56. The van der Waals surface area contributed by atoms with Crippen molar-refractivity contribution in [3.05, 3.63) is 75.8 Å². The molecular weight excluding hydrogens is 343 g/mol. The molecule has 24 heavy (non-hydrogen) atoms. The second-order valence-electron chi connectivity index (χ2n) is 5.69. The van der Waals surface area contributed by atoms with Gasteiger partial charge in [-0.25, -0.2) is 0 Å². The molecule has 0 saturated carbocycles. The van der Waals surface area contributed by atoms with Crippen LogP contribution in [0.15, 0.2) is 54.6 Å². The van der Waals surface area contributed by atoms with Gasteiger partial charge in [0.05, 0.1) is 5.92 Å². The van der Waals surface area contributed by atoms with Crippen LogP contribution in [0.25, 0.3) is 6.08 Å². The van der Waals surface area contributed by atoms with E-state index in [1.807, 2.05) is 36.4 Å². The van der Waals surface area contributed by atoms with Crippen molar-refractivity contribution in [3.8, 4) is 0 Å². The van der Waals surface area contributed by atoms with Crippen molar-refractivity contribution in [1.29, 1.82) is 0 Å². The maximum Gasteiger partial charge on any atom is 0.141 e. The van der Waals surface area contributed by atoms with Crippen LogP contribution in [0, 0.1) is 5.92 Å². The maximum atomic E-state index is 12.0. The third kappa shape index (κ3) is 4.80. The quantitative estimate of drug-likeness (QED) is 0.629. The minimum Gasteiger partial charge on any atom is -0.299 e. The van der Waals surface area contributed by atoms with E-state index in [0.717, 1.165) is 11.1 Å². The fourth-order valence-electron chi connectivity index (χ4n) is 2.68. The maximum absolute atomic E-state index is 12.0. The molecule has 2 nitrogen and oxygen atoms in total. The van der Waals surface area contributed by atoms with Crippen LogP contribution in [0.2, 0.25) is 10.0 Å². The Balaban J connectivity index is 2.41. The summed E-state index contributed by atoms with van der Waals surface area (Å²) in [5, 5.41) is 1.27. The molecule has 2 rings (SSSR count). The highest BCUT2D eigenvalue weighted by Gasteiger charge is 2.29. The Morgan fingerprint density at radius 3 is 1.75 bits per heavy atom. The normalized spacial score (nSPS) is 12.5. The van der Waals surface area contributed by atoms with E-state index in [4.69, 9.17) is 23.2 Å². The van der Waals surface area contributed by atoms with E-state index in [-0.39, 0.29) is 17.5 Å². The van der Waals surface area contributed by atoms with Crippen LogP contribution in [-0.2, 0) is 9.59 Å². The summed E-state index contributed by atoms with van der Waals surface area (Å²) < 4.78 is 0. The molecule has 0 aromatic heterocycles. The number of rotatable bonds is 6. The number of Topliss-reactive ketones (excluding diaryl/α,β-unsaturated/α-hetero) is 2. The smallest absolute Gasteiger partial charge is 0.141 e. The summed E-state index contributed by atoms with van der Waals surface area (Å²) in [4.78, 5) is 24.0. The Hall–Kier alpha value is -1.90. The first-order valence-electron chi connectivity index (χ1n) is 7.58. The monoisotopic (exact) mass is 360 g/mol. The highest BCUT2D eigenvalue weighted by molar-refractivity contribution is 6.30. The SMILES string of the molecule is CC(=O)C(C(C)=O)C(/C=C/c1ccc(Cl)cc1)c1ccc(Cl)cc1. The summed E-state index contributed by atoms with van der Waals surface area (Å²) in [6.07, 6.45) is 3.79. The summed E-state index contributed by atoms with van der Waals surface area (Å²) in [6, 6.07) is 14.6. The first-order chi connectivity index (χ1) is 11.4. The lowest BCUT2D eigenvalue weighted by Gasteiger charge is -2.21. The number of hydrogen-bond acceptors (Lipinski definition) is 2. The van der Waals surface area contributed by atoms with Crippen molar-refractivity contribution in [2.24, 2.45) is 5.92 Å². The molecule has 0 fully saturated rings. The number of halogens is 2. The number of hydrogen-bond donors (Lipinski definition) is 0. The molecule has 4 heteroatoms. The predicted octanol–water partition coefficient (Wildman–Crippen LogP) is 5.58. The predicted molar refractivity (Wildman–Crippen MR) is 99.5 cm³/mol. The van der Waals surface area contributed by atoms with Gasteiger partial charge in [0.15, 0.2) is 0 Å². The first-order valence-corrected chi connectivity index (χ1v) is 8.34. The van der Waals surface area contributed by atoms with Gasteiger partial charge in [0.2, 0.25) is 0 Å². The van der Waals surface area contributed by atoms with Gasteiger partial charge in [-0.1, -0.05) is 59.6 Å². The molecule has 2 aromatic rings. The van der Waals surface area contributed by atoms with Gasteiger partial charge in [-0.3, -0.25) is 9.59 Å². The molecule has 0 bridgehead atoms. The molecule has 0 amide bonds. The number of carbonyl (C=O) groups excluding carboxylic acids is 2. The number of benzene rings is 2. The van der Waals surface area contributed by atoms with E-state index >= 15 is 0 Å². The van der Waals surface area contributed by atoms with Gasteiger partial charge in [0.1, 0.15) is 11.6 Å². The topological polar surface area (TPSA) is 34.1 Å². The minimum absolute atomic E-state index is 0.150. The van der Waals surface area contributed by atoms with E-state index in [1.54, 1.807) is 24.3 Å². The van der Waals surface area contributed by atoms with E-state index in [9.17, 15) is 9.59 Å². The van der Waals surface area contributed by atoms with E-state index in [1.165, 1.54) is 13.8 Å². The van der Waals surface area contributed by atoms with E-state index in [0.29, 0.717) is 10.0 Å². The van der Waals surface area contributed by atoms with Crippen LogP contribution in [0.4, 0.5) is 0 Å². The average Bonchev–Trinajstić information content (AvgIpc) is 2.53. The molecule has 0 aliphatic carbocycles. The molecule has 1 unspecified atom stereocenters. The highest BCUT2D eigenvalue weighted by atomic mass is 35.5. The lowest BCUT2D eigenvalue weighted by Crippen LogP contribution is -2.26. The van der Waals surface area contributed by atoms with Crippen molar-refractivity contribution < 1.29 is 9.59 Å². The highest BCUT2D eigenvalue weighted by Crippen LogP contribution is 2.30. The Kier molecular flexibility index (Phi) is 6.36. The lowest BCUT2D eigenvalue weighted by atomic mass is 9.81. The lowest BCUT2D eigenvalue weighted by molar-refractivity contribution is -0.130. The summed E-state index contributed by atoms with van der Waals surface area (Å²) >= 11 is 11.8. The molecule has 0 aliphatic heterocycles. The number of allylic oxidation sites excluding steroid dienone is 1. The van der Waals surface area contributed by atoms with Crippen LogP contribution in [0.5, 0.6) is 0 Å². The van der Waals surface area contributed by atoms with Crippen LogP contribution >= 0.6 is 23.2 Å². The summed E-state index contributed by atoms with van der Waals surface area (Å²) in [5.74, 6) is -1.35. The van der Waals surface area contributed by atoms with Crippen molar-refractivity contribution in [2.75, 3.05) is 0 Å². The zero-order valence-corrected chi connectivity index (χ0v) is 15.0. The Labute approximate surface area is 152 Å². The summed E-state index contributed by atoms with van der Waals surface area (Å²) in [7, 11) is 0. The van der Waals surface area contributed by atoms with Crippen molar-refractivity contribution in [2.45, 2.75) is 19.8 Å². The van der Waals surface area contributed by atoms with Gasteiger partial charge in [-0.15, -0.1) is 0 Å². The molecule has 124 valence electrons. The fourth-order valence-corrected chi connectivity index (χ4v) is 2.93. The third-order valence-electron chi connectivity index (χ3n) is 3.86. The van der Waals surface area contributed by atoms with Crippen molar-refractivity contribution in [3.63, 3.8) is 0 Å². The van der Waals surface area contributed by atoms with Gasteiger partial charge in [-0.2, -0.15) is 0 Å². The molecule has 0 spiro atoms. The van der Waals surface area contributed by atoms with Gasteiger partial charge in [-0.05, 0) is 49.2 Å². The zero-order chi connectivity index (χ0) is 17.7. The summed E-state index contributed by atoms with van der Waals surface area (Å²) in [5.41, 5.74) is 1.82. The zero-order valence-electron chi connectivity index (χ0n) is 13.5. The molecule has 0 saturated heterocycles. The van der Waals surface area contributed by atoms with Crippen LogP contribution < -0.4 is 0 Å². The average molecular weight is 361 g/mol. The molecule has 2 aromatic carbocycles. The Morgan fingerprint density at radius 1 is 0.833 bits per heavy atom. The molecule has 0 N–H and O–H groups in total.